The summed E-state index contributed by atoms with van der Waals surface area (Å²) in [6.07, 6.45) is 0. The molecule has 0 fully saturated rings. The minimum absolute atomic E-state index is 0.126. The Morgan fingerprint density at radius 2 is 1.44 bits per heavy atom. The van der Waals surface area contributed by atoms with Gasteiger partial charge in [-0.25, -0.2) is 4.79 Å². The summed E-state index contributed by atoms with van der Waals surface area (Å²) in [6, 6.07) is 18.1. The molecule has 11 heteroatoms. The number of benzene rings is 3. The molecule has 0 radical (unpaired) electrons. The van der Waals surface area contributed by atoms with Gasteiger partial charge in [0, 0.05) is 16.8 Å². The Bertz CT molecular complexity index is 1400. The van der Waals surface area contributed by atoms with E-state index in [1.165, 1.54) is 7.11 Å². The second kappa shape index (κ2) is 10.9. The highest BCUT2D eigenvalue weighted by Crippen LogP contribution is 2.37. The van der Waals surface area contributed by atoms with Gasteiger partial charge in [-0.1, -0.05) is 0 Å². The van der Waals surface area contributed by atoms with E-state index >= 15 is 0 Å². The number of hydrogen-bond donors (Lipinski definition) is 4. The number of azo groups is 1. The van der Waals surface area contributed by atoms with Crippen molar-refractivity contribution in [2.24, 2.45) is 10.2 Å². The summed E-state index contributed by atoms with van der Waals surface area (Å²) in [7, 11) is 3.09. The predicted molar refractivity (Wildman–Crippen MR) is 134 cm³/mol. The van der Waals surface area contributed by atoms with Gasteiger partial charge in [0.15, 0.2) is 12.3 Å². The Balaban J connectivity index is 1.29. The van der Waals surface area contributed by atoms with Crippen LogP contribution in [-0.2, 0) is 4.79 Å². The molecule has 0 aliphatic carbocycles. The Labute approximate surface area is 205 Å². The summed E-state index contributed by atoms with van der Waals surface area (Å²) in [6.45, 7) is -0.360. The first kappa shape index (κ1) is 24.1. The number of aromatic amines is 1. The first-order valence-corrected chi connectivity index (χ1v) is 10.7. The second-order valence-electron chi connectivity index (χ2n) is 7.45. The van der Waals surface area contributed by atoms with Crippen molar-refractivity contribution in [3.63, 3.8) is 0 Å². The van der Waals surface area contributed by atoms with Crippen molar-refractivity contribution in [3.05, 3.63) is 66.7 Å². The molecule has 0 spiro atoms. The number of aromatic nitrogens is 1. The van der Waals surface area contributed by atoms with Crippen molar-refractivity contribution >= 4 is 39.9 Å². The summed E-state index contributed by atoms with van der Waals surface area (Å²) in [5.41, 5.74) is 1.89. The lowest BCUT2D eigenvalue weighted by atomic mass is 10.2. The van der Waals surface area contributed by atoms with E-state index in [1.807, 2.05) is 0 Å². The number of carbonyl (C=O) groups is 2. The molecule has 1 aromatic heterocycles. The third kappa shape index (κ3) is 5.89. The molecule has 4 aromatic rings. The lowest BCUT2D eigenvalue weighted by Gasteiger charge is -2.09. The van der Waals surface area contributed by atoms with E-state index in [9.17, 15) is 14.7 Å². The van der Waals surface area contributed by atoms with E-state index in [4.69, 9.17) is 14.2 Å². The SMILES string of the molecule is COc1ccc(NC(=O)Nc2ccc(OCC(=O)N=Nc3c(O)[nH]c4ccc(OC)cc34)cc2)cc1. The van der Waals surface area contributed by atoms with E-state index in [0.717, 1.165) is 0 Å². The van der Waals surface area contributed by atoms with Crippen LogP contribution >= 0.6 is 0 Å². The summed E-state index contributed by atoms with van der Waals surface area (Å²) in [5, 5.41) is 23.5. The molecule has 1 heterocycles. The van der Waals surface area contributed by atoms with Crippen LogP contribution in [0.25, 0.3) is 10.9 Å². The molecule has 0 saturated heterocycles. The van der Waals surface area contributed by atoms with Gasteiger partial charge in [0.05, 0.1) is 19.7 Å². The second-order valence-corrected chi connectivity index (χ2v) is 7.45. The fourth-order valence-electron chi connectivity index (χ4n) is 3.25. The normalized spacial score (nSPS) is 10.8. The van der Waals surface area contributed by atoms with Gasteiger partial charge in [-0.15, -0.1) is 10.2 Å². The number of fused-ring (bicyclic) bond motifs is 1. The molecule has 36 heavy (non-hydrogen) atoms. The van der Waals surface area contributed by atoms with Crippen molar-refractivity contribution in [3.8, 4) is 23.1 Å². The molecule has 4 rings (SSSR count). The third-order valence-electron chi connectivity index (χ3n) is 5.04. The van der Waals surface area contributed by atoms with Gasteiger partial charge in [-0.3, -0.25) is 4.79 Å². The molecule has 3 amide bonds. The highest BCUT2D eigenvalue weighted by Gasteiger charge is 2.12. The van der Waals surface area contributed by atoms with Crippen molar-refractivity contribution in [2.75, 3.05) is 31.5 Å². The maximum atomic E-state index is 12.2. The number of methoxy groups -OCH3 is 2. The van der Waals surface area contributed by atoms with Crippen LogP contribution in [0.15, 0.2) is 77.0 Å². The zero-order valence-corrected chi connectivity index (χ0v) is 19.4. The molecule has 0 unspecified atom stereocenters. The van der Waals surface area contributed by atoms with Gasteiger partial charge in [-0.2, -0.15) is 0 Å². The molecule has 11 nitrogen and oxygen atoms in total. The number of hydrogen-bond acceptors (Lipinski definition) is 7. The average molecular weight is 489 g/mol. The summed E-state index contributed by atoms with van der Waals surface area (Å²) in [4.78, 5) is 27.1. The number of urea groups is 1. The fraction of sp³-hybridized carbons (Fsp3) is 0.120. The lowest BCUT2D eigenvalue weighted by Crippen LogP contribution is -2.19. The van der Waals surface area contributed by atoms with Crippen LogP contribution in [0.3, 0.4) is 0 Å². The molecular formula is C25H23N5O6. The number of aromatic hydroxyl groups is 1. The maximum absolute atomic E-state index is 12.2. The number of nitrogens with zero attached hydrogens (tertiary/aromatic N) is 2. The van der Waals surface area contributed by atoms with E-state index < -0.39 is 11.9 Å². The van der Waals surface area contributed by atoms with E-state index in [0.29, 0.717) is 39.5 Å². The number of amides is 3. The number of carbonyl (C=O) groups excluding carboxylic acids is 2. The molecule has 4 N–H and O–H groups in total. The Morgan fingerprint density at radius 3 is 2.06 bits per heavy atom. The minimum Gasteiger partial charge on any atom is -0.497 e. The van der Waals surface area contributed by atoms with Crippen LogP contribution in [0.2, 0.25) is 0 Å². The maximum Gasteiger partial charge on any atom is 0.323 e. The molecule has 3 aromatic carbocycles. The van der Waals surface area contributed by atoms with Crippen LogP contribution in [-0.4, -0.2) is 42.9 Å². The molecule has 0 saturated carbocycles. The number of anilines is 2. The van der Waals surface area contributed by atoms with Crippen molar-refractivity contribution in [1.29, 1.82) is 0 Å². The highest BCUT2D eigenvalue weighted by atomic mass is 16.5. The summed E-state index contributed by atoms with van der Waals surface area (Å²) < 4.78 is 15.7. The van der Waals surface area contributed by atoms with Crippen LogP contribution in [0, 0.1) is 0 Å². The number of rotatable bonds is 8. The van der Waals surface area contributed by atoms with Crippen LogP contribution in [0.4, 0.5) is 21.9 Å². The van der Waals surface area contributed by atoms with Crippen molar-refractivity contribution in [1.82, 2.24) is 4.98 Å². The molecular weight excluding hydrogens is 466 g/mol. The van der Waals surface area contributed by atoms with Crippen LogP contribution < -0.4 is 24.8 Å². The first-order valence-electron chi connectivity index (χ1n) is 10.7. The highest BCUT2D eigenvalue weighted by molar-refractivity contribution is 5.99. The molecule has 0 aliphatic heterocycles. The minimum atomic E-state index is -0.646. The molecule has 0 atom stereocenters. The largest absolute Gasteiger partial charge is 0.497 e. The van der Waals surface area contributed by atoms with Gasteiger partial charge < -0.3 is 34.9 Å². The zero-order valence-electron chi connectivity index (χ0n) is 19.4. The topological polar surface area (TPSA) is 147 Å². The standard InChI is InChI=1S/C25H23N5O6/c1-34-17-7-3-15(4-8-17)26-25(33)27-16-5-9-18(10-6-16)36-14-22(31)29-30-23-20-13-19(35-2)11-12-21(20)28-24(23)32/h3-13,28,32H,14H2,1-2H3,(H2,26,27,33). The van der Waals surface area contributed by atoms with Gasteiger partial charge in [0.1, 0.15) is 17.2 Å². The van der Waals surface area contributed by atoms with E-state index in [-0.39, 0.29) is 18.2 Å². The van der Waals surface area contributed by atoms with E-state index in [2.05, 4.69) is 25.8 Å². The summed E-state index contributed by atoms with van der Waals surface area (Å²) in [5.74, 6) is 0.805. The quantitative estimate of drug-likeness (QED) is 0.249. The van der Waals surface area contributed by atoms with Crippen LogP contribution in [0.1, 0.15) is 0 Å². The first-order chi connectivity index (χ1) is 17.4. The fourth-order valence-corrected chi connectivity index (χ4v) is 3.25. The van der Waals surface area contributed by atoms with Gasteiger partial charge >= 0.3 is 11.9 Å². The van der Waals surface area contributed by atoms with Gasteiger partial charge in [0.25, 0.3) is 0 Å². The number of H-pyrrole nitrogens is 1. The van der Waals surface area contributed by atoms with Crippen LogP contribution in [0.5, 0.6) is 23.1 Å². The number of ether oxygens (including phenoxy) is 3. The Hall–Kier alpha value is -5.06. The molecule has 0 bridgehead atoms. The van der Waals surface area contributed by atoms with Crippen molar-refractivity contribution < 1.29 is 28.9 Å². The average Bonchev–Trinajstić information content (AvgIpc) is 3.21. The van der Waals surface area contributed by atoms with Gasteiger partial charge in [0.2, 0.25) is 5.88 Å². The Morgan fingerprint density at radius 1 is 0.861 bits per heavy atom. The zero-order chi connectivity index (χ0) is 25.5. The molecule has 184 valence electrons. The smallest absolute Gasteiger partial charge is 0.323 e. The Kier molecular flexibility index (Phi) is 7.30. The predicted octanol–water partition coefficient (Wildman–Crippen LogP) is 5.22. The van der Waals surface area contributed by atoms with E-state index in [1.54, 1.807) is 73.8 Å². The third-order valence-corrected chi connectivity index (χ3v) is 5.04. The van der Waals surface area contributed by atoms with Crippen molar-refractivity contribution in [2.45, 2.75) is 0 Å². The number of nitrogens with one attached hydrogen (secondary N) is 3. The summed E-state index contributed by atoms with van der Waals surface area (Å²) >= 11 is 0. The monoisotopic (exact) mass is 489 g/mol. The molecule has 0 aliphatic rings. The van der Waals surface area contributed by atoms with Gasteiger partial charge in [-0.05, 0) is 66.7 Å². The lowest BCUT2D eigenvalue weighted by molar-refractivity contribution is -0.120.